The molecule has 204 valence electrons. The van der Waals surface area contributed by atoms with Crippen LogP contribution in [0.5, 0.6) is 17.2 Å². The van der Waals surface area contributed by atoms with E-state index in [9.17, 15) is 4.79 Å². The molecule has 1 aromatic heterocycles. The average molecular weight is 529 g/mol. The van der Waals surface area contributed by atoms with Gasteiger partial charge in [-0.05, 0) is 74.4 Å². The number of benzene rings is 3. The predicted octanol–water partition coefficient (Wildman–Crippen LogP) is 7.64. The first kappa shape index (κ1) is 27.8. The average Bonchev–Trinajstić information content (AvgIpc) is 3.34. The third-order valence-corrected chi connectivity index (χ3v) is 6.56. The molecule has 7 heteroatoms. The summed E-state index contributed by atoms with van der Waals surface area (Å²) in [7, 11) is 1.60. The number of aromatic nitrogens is 1. The molecule has 7 nitrogen and oxygen atoms in total. The van der Waals surface area contributed by atoms with E-state index in [1.54, 1.807) is 36.3 Å². The van der Waals surface area contributed by atoms with Crippen LogP contribution in [0.2, 0.25) is 0 Å². The molecule has 0 saturated carbocycles. The summed E-state index contributed by atoms with van der Waals surface area (Å²) in [6.07, 6.45) is 2.01. The van der Waals surface area contributed by atoms with Gasteiger partial charge in [-0.3, -0.25) is 0 Å². The van der Waals surface area contributed by atoms with Gasteiger partial charge < -0.3 is 23.5 Å². The Morgan fingerprint density at radius 1 is 0.923 bits per heavy atom. The maximum absolute atomic E-state index is 13.1. The molecular weight excluding hydrogens is 492 g/mol. The molecule has 1 heterocycles. The molecule has 4 aromatic rings. The van der Waals surface area contributed by atoms with Crippen LogP contribution in [-0.2, 0) is 6.42 Å². The number of methoxy groups -OCH3 is 1. The summed E-state index contributed by atoms with van der Waals surface area (Å²) in [6, 6.07) is 24.7. The van der Waals surface area contributed by atoms with Crippen LogP contribution in [0.15, 0.2) is 83.3 Å². The highest BCUT2D eigenvalue weighted by Crippen LogP contribution is 2.29. The number of hydrogen-bond donors (Lipinski definition) is 0. The second-order valence-electron chi connectivity index (χ2n) is 9.19. The van der Waals surface area contributed by atoms with Gasteiger partial charge in [0.15, 0.2) is 0 Å². The van der Waals surface area contributed by atoms with Crippen LogP contribution >= 0.6 is 0 Å². The van der Waals surface area contributed by atoms with Crippen molar-refractivity contribution in [1.82, 2.24) is 9.88 Å². The van der Waals surface area contributed by atoms with Crippen molar-refractivity contribution < 1.29 is 23.4 Å². The molecule has 0 aliphatic heterocycles. The summed E-state index contributed by atoms with van der Waals surface area (Å²) in [5, 5.41) is 0. The zero-order valence-corrected chi connectivity index (χ0v) is 23.1. The van der Waals surface area contributed by atoms with Gasteiger partial charge in [-0.1, -0.05) is 43.7 Å². The highest BCUT2D eigenvalue weighted by atomic mass is 16.6. The molecule has 1 amide bonds. The maximum Gasteiger partial charge on any atom is 0.415 e. The Morgan fingerprint density at radius 2 is 1.59 bits per heavy atom. The van der Waals surface area contributed by atoms with E-state index in [-0.39, 0.29) is 12.1 Å². The second-order valence-corrected chi connectivity index (χ2v) is 9.19. The molecule has 39 heavy (non-hydrogen) atoms. The van der Waals surface area contributed by atoms with E-state index in [1.807, 2.05) is 68.4 Å². The molecular formula is C32H36N2O5. The van der Waals surface area contributed by atoms with Crippen molar-refractivity contribution in [2.75, 3.05) is 20.3 Å². The Kier molecular flexibility index (Phi) is 9.62. The lowest BCUT2D eigenvalue weighted by Crippen LogP contribution is -2.37. The van der Waals surface area contributed by atoms with Gasteiger partial charge >= 0.3 is 6.09 Å². The quantitative estimate of drug-likeness (QED) is 0.188. The molecule has 1 atom stereocenters. The molecule has 1 unspecified atom stereocenters. The first-order valence-electron chi connectivity index (χ1n) is 13.4. The van der Waals surface area contributed by atoms with Gasteiger partial charge in [-0.15, -0.1) is 0 Å². The first-order valence-corrected chi connectivity index (χ1v) is 13.4. The van der Waals surface area contributed by atoms with Crippen LogP contribution in [0.1, 0.15) is 49.7 Å². The Morgan fingerprint density at radius 3 is 2.23 bits per heavy atom. The number of amides is 1. The smallest absolute Gasteiger partial charge is 0.415 e. The van der Waals surface area contributed by atoms with E-state index in [0.717, 1.165) is 41.2 Å². The highest BCUT2D eigenvalue weighted by molar-refractivity contribution is 5.71. The number of ether oxygens (including phenoxy) is 3. The minimum absolute atomic E-state index is 0.103. The second kappa shape index (κ2) is 13.5. The minimum Gasteiger partial charge on any atom is -0.497 e. The Labute approximate surface area is 230 Å². The van der Waals surface area contributed by atoms with Gasteiger partial charge in [0, 0.05) is 18.5 Å². The van der Waals surface area contributed by atoms with Crippen molar-refractivity contribution in [3.05, 3.63) is 95.9 Å². The van der Waals surface area contributed by atoms with Crippen LogP contribution < -0.4 is 14.2 Å². The summed E-state index contributed by atoms with van der Waals surface area (Å²) in [5.41, 5.74) is 2.89. The summed E-state index contributed by atoms with van der Waals surface area (Å²) >= 11 is 0. The third kappa shape index (κ3) is 7.19. The van der Waals surface area contributed by atoms with Crippen LogP contribution in [0.25, 0.3) is 11.5 Å². The predicted molar refractivity (Wildman–Crippen MR) is 151 cm³/mol. The van der Waals surface area contributed by atoms with Crippen molar-refractivity contribution in [1.29, 1.82) is 0 Å². The van der Waals surface area contributed by atoms with Gasteiger partial charge in [0.1, 0.15) is 23.0 Å². The van der Waals surface area contributed by atoms with E-state index in [4.69, 9.17) is 18.6 Å². The summed E-state index contributed by atoms with van der Waals surface area (Å²) in [6.45, 7) is 7.01. The SMILES string of the molecule is CCCC(c1ccc(OCCc2nc(-c3ccccc3)oc2C)cc1)N(CC)C(=O)Oc1ccc(OC)cc1. The van der Waals surface area contributed by atoms with Gasteiger partial charge in [0.05, 0.1) is 25.5 Å². The molecule has 0 aliphatic rings. The molecule has 4 rings (SSSR count). The van der Waals surface area contributed by atoms with Gasteiger partial charge in [-0.25, -0.2) is 9.78 Å². The fourth-order valence-corrected chi connectivity index (χ4v) is 4.47. The number of carbonyl (C=O) groups excluding carboxylic acids is 1. The number of rotatable bonds is 12. The van der Waals surface area contributed by atoms with Gasteiger partial charge in [0.2, 0.25) is 5.89 Å². The fraction of sp³-hybridized carbons (Fsp3) is 0.312. The molecule has 0 spiro atoms. The van der Waals surface area contributed by atoms with Crippen LogP contribution in [0.4, 0.5) is 4.79 Å². The van der Waals surface area contributed by atoms with E-state index in [1.165, 1.54) is 0 Å². The van der Waals surface area contributed by atoms with Crippen LogP contribution in [0.3, 0.4) is 0 Å². The Hall–Kier alpha value is -4.26. The first-order chi connectivity index (χ1) is 19.0. The van der Waals surface area contributed by atoms with E-state index >= 15 is 0 Å². The maximum atomic E-state index is 13.1. The van der Waals surface area contributed by atoms with E-state index < -0.39 is 0 Å². The lowest BCUT2D eigenvalue weighted by Gasteiger charge is -2.30. The van der Waals surface area contributed by atoms with Crippen molar-refractivity contribution in [3.8, 4) is 28.7 Å². The van der Waals surface area contributed by atoms with Gasteiger partial charge in [0.25, 0.3) is 0 Å². The minimum atomic E-state index is -0.376. The zero-order chi connectivity index (χ0) is 27.6. The molecule has 0 aliphatic carbocycles. The Balaban J connectivity index is 1.37. The summed E-state index contributed by atoms with van der Waals surface area (Å²) in [4.78, 5) is 19.5. The molecule has 3 aromatic carbocycles. The van der Waals surface area contributed by atoms with Crippen LogP contribution in [-0.4, -0.2) is 36.2 Å². The number of oxazole rings is 1. The molecule has 0 bridgehead atoms. The fourth-order valence-electron chi connectivity index (χ4n) is 4.47. The lowest BCUT2D eigenvalue weighted by atomic mass is 10.0. The standard InChI is InChI=1S/C32H36N2O5/c1-5-10-30(34(6-2)32(35)39-28-19-17-26(36-4)18-20-28)24-13-15-27(16-14-24)37-22-21-29-23(3)38-31(33-29)25-11-8-7-9-12-25/h7-9,11-20,30H,5-6,10,21-22H2,1-4H3. The number of aryl methyl sites for hydroxylation is 1. The van der Waals surface area contributed by atoms with Crippen molar-refractivity contribution in [2.45, 2.75) is 46.1 Å². The normalized spacial score (nSPS) is 11.6. The summed E-state index contributed by atoms with van der Waals surface area (Å²) in [5.74, 6) is 3.39. The van der Waals surface area contributed by atoms with E-state index in [2.05, 4.69) is 11.9 Å². The van der Waals surface area contributed by atoms with Gasteiger partial charge in [-0.2, -0.15) is 0 Å². The molecule has 0 saturated heterocycles. The molecule has 0 fully saturated rings. The lowest BCUT2D eigenvalue weighted by molar-refractivity contribution is 0.131. The van der Waals surface area contributed by atoms with Crippen molar-refractivity contribution in [3.63, 3.8) is 0 Å². The summed E-state index contributed by atoms with van der Waals surface area (Å²) < 4.78 is 22.7. The van der Waals surface area contributed by atoms with E-state index in [0.29, 0.717) is 37.0 Å². The largest absolute Gasteiger partial charge is 0.497 e. The molecule has 0 radical (unpaired) electrons. The van der Waals surface area contributed by atoms with Crippen LogP contribution in [0, 0.1) is 6.92 Å². The molecule has 0 N–H and O–H groups in total. The number of carbonyl (C=O) groups is 1. The Bertz CT molecular complexity index is 1320. The number of nitrogens with zero attached hydrogens (tertiary/aromatic N) is 2. The third-order valence-electron chi connectivity index (χ3n) is 6.56. The van der Waals surface area contributed by atoms with Crippen molar-refractivity contribution in [2.24, 2.45) is 0 Å². The highest BCUT2D eigenvalue weighted by Gasteiger charge is 2.25. The number of hydrogen-bond acceptors (Lipinski definition) is 6. The van der Waals surface area contributed by atoms with Crippen molar-refractivity contribution >= 4 is 6.09 Å². The zero-order valence-electron chi connectivity index (χ0n) is 23.1. The topological polar surface area (TPSA) is 74.0 Å². The monoisotopic (exact) mass is 528 g/mol.